The van der Waals surface area contributed by atoms with Gasteiger partial charge in [-0.25, -0.2) is 0 Å². The smallest absolute Gasteiger partial charge is 0.254 e. The quantitative estimate of drug-likeness (QED) is 0.900. The van der Waals surface area contributed by atoms with Crippen LogP contribution in [-0.4, -0.2) is 25.0 Å². The first-order chi connectivity index (χ1) is 9.09. The third-order valence-corrected chi connectivity index (χ3v) is 4.22. The van der Waals surface area contributed by atoms with Crippen LogP contribution in [-0.2, 0) is 0 Å². The van der Waals surface area contributed by atoms with E-state index in [0.717, 1.165) is 25.9 Å². The maximum absolute atomic E-state index is 12.2. The van der Waals surface area contributed by atoms with E-state index < -0.39 is 0 Å². The van der Waals surface area contributed by atoms with Crippen molar-refractivity contribution in [3.8, 4) is 0 Å². The van der Waals surface area contributed by atoms with E-state index in [4.69, 9.17) is 23.2 Å². The second-order valence-electron chi connectivity index (χ2n) is 4.97. The van der Waals surface area contributed by atoms with E-state index in [9.17, 15) is 4.79 Å². The van der Waals surface area contributed by atoms with Gasteiger partial charge in [0.05, 0.1) is 15.6 Å². The summed E-state index contributed by atoms with van der Waals surface area (Å²) < 4.78 is 0. The minimum Gasteiger partial charge on any atom is -0.349 e. The number of halogens is 2. The van der Waals surface area contributed by atoms with Gasteiger partial charge in [-0.3, -0.25) is 4.79 Å². The molecule has 1 aliphatic heterocycles. The summed E-state index contributed by atoms with van der Waals surface area (Å²) in [7, 11) is 0. The molecule has 0 radical (unpaired) electrons. The minimum absolute atomic E-state index is 0.104. The SMILES string of the molecule is CC(NC(=O)c1c(Cl)cccc1Cl)C1CCCNC1. The van der Waals surface area contributed by atoms with Crippen molar-refractivity contribution in [1.29, 1.82) is 0 Å². The molecule has 104 valence electrons. The number of nitrogens with one attached hydrogen (secondary N) is 2. The molecule has 1 amide bonds. The van der Waals surface area contributed by atoms with Gasteiger partial charge in [-0.2, -0.15) is 0 Å². The lowest BCUT2D eigenvalue weighted by molar-refractivity contribution is 0.0922. The van der Waals surface area contributed by atoms with Crippen molar-refractivity contribution in [2.45, 2.75) is 25.8 Å². The number of hydrogen-bond donors (Lipinski definition) is 2. The van der Waals surface area contributed by atoms with E-state index >= 15 is 0 Å². The fourth-order valence-electron chi connectivity index (χ4n) is 2.42. The van der Waals surface area contributed by atoms with Crippen molar-refractivity contribution in [2.24, 2.45) is 5.92 Å². The molecule has 1 saturated heterocycles. The van der Waals surface area contributed by atoms with Crippen LogP contribution in [0.25, 0.3) is 0 Å². The minimum atomic E-state index is -0.200. The average Bonchev–Trinajstić information content (AvgIpc) is 2.39. The number of benzene rings is 1. The Morgan fingerprint density at radius 3 is 2.68 bits per heavy atom. The number of carbonyl (C=O) groups is 1. The van der Waals surface area contributed by atoms with Crippen LogP contribution in [0.1, 0.15) is 30.1 Å². The van der Waals surface area contributed by atoms with E-state index in [2.05, 4.69) is 10.6 Å². The molecule has 3 nitrogen and oxygen atoms in total. The summed E-state index contributed by atoms with van der Waals surface area (Å²) in [4.78, 5) is 12.2. The fraction of sp³-hybridized carbons (Fsp3) is 0.500. The van der Waals surface area contributed by atoms with Crippen molar-refractivity contribution in [3.63, 3.8) is 0 Å². The average molecular weight is 301 g/mol. The Hall–Kier alpha value is -0.770. The van der Waals surface area contributed by atoms with Gasteiger partial charge in [0.1, 0.15) is 0 Å². The van der Waals surface area contributed by atoms with Gasteiger partial charge in [0, 0.05) is 6.04 Å². The zero-order valence-corrected chi connectivity index (χ0v) is 12.4. The van der Waals surface area contributed by atoms with E-state index in [1.807, 2.05) is 6.92 Å². The lowest BCUT2D eigenvalue weighted by atomic mass is 9.92. The van der Waals surface area contributed by atoms with Crippen LogP contribution in [0.5, 0.6) is 0 Å². The van der Waals surface area contributed by atoms with Crippen molar-refractivity contribution in [2.75, 3.05) is 13.1 Å². The van der Waals surface area contributed by atoms with Gasteiger partial charge in [-0.1, -0.05) is 29.3 Å². The Bertz CT molecular complexity index is 439. The Kier molecular flexibility index (Phi) is 5.08. The molecule has 1 fully saturated rings. The normalized spacial score (nSPS) is 20.9. The molecule has 2 unspecified atom stereocenters. The summed E-state index contributed by atoms with van der Waals surface area (Å²) in [5.74, 6) is 0.257. The highest BCUT2D eigenvalue weighted by Crippen LogP contribution is 2.24. The van der Waals surface area contributed by atoms with Gasteiger partial charge in [-0.05, 0) is 50.9 Å². The monoisotopic (exact) mass is 300 g/mol. The predicted octanol–water partition coefficient (Wildman–Crippen LogP) is 3.11. The summed E-state index contributed by atoms with van der Waals surface area (Å²) in [5, 5.41) is 7.12. The Morgan fingerprint density at radius 2 is 2.11 bits per heavy atom. The van der Waals surface area contributed by atoms with Gasteiger partial charge in [0.2, 0.25) is 0 Å². The first kappa shape index (κ1) is 14.6. The van der Waals surface area contributed by atoms with Gasteiger partial charge >= 0.3 is 0 Å². The second-order valence-corrected chi connectivity index (χ2v) is 5.78. The highest BCUT2D eigenvalue weighted by atomic mass is 35.5. The third-order valence-electron chi connectivity index (χ3n) is 3.59. The zero-order valence-electron chi connectivity index (χ0n) is 10.9. The van der Waals surface area contributed by atoms with Crippen LogP contribution in [0.3, 0.4) is 0 Å². The molecule has 2 N–H and O–H groups in total. The molecule has 1 aromatic carbocycles. The van der Waals surface area contributed by atoms with E-state index in [1.165, 1.54) is 0 Å². The first-order valence-corrected chi connectivity index (χ1v) is 7.30. The van der Waals surface area contributed by atoms with Crippen LogP contribution in [0.15, 0.2) is 18.2 Å². The third kappa shape index (κ3) is 3.62. The maximum atomic E-state index is 12.2. The van der Waals surface area contributed by atoms with Gasteiger partial charge in [0.25, 0.3) is 5.91 Å². The highest BCUT2D eigenvalue weighted by molar-refractivity contribution is 6.39. The number of amides is 1. The molecule has 1 aliphatic rings. The Balaban J connectivity index is 2.04. The standard InChI is InChI=1S/C14H18Cl2N2O/c1-9(10-4-3-7-17-8-10)18-14(19)13-11(15)5-2-6-12(13)16/h2,5-6,9-10,17H,3-4,7-8H2,1H3,(H,18,19). The van der Waals surface area contributed by atoms with Crippen LogP contribution in [0, 0.1) is 5.92 Å². The molecule has 2 atom stereocenters. The molecule has 19 heavy (non-hydrogen) atoms. The molecule has 1 aromatic rings. The van der Waals surface area contributed by atoms with Gasteiger partial charge in [-0.15, -0.1) is 0 Å². The van der Waals surface area contributed by atoms with Crippen LogP contribution < -0.4 is 10.6 Å². The van der Waals surface area contributed by atoms with Gasteiger partial charge < -0.3 is 10.6 Å². The van der Waals surface area contributed by atoms with E-state index in [0.29, 0.717) is 21.5 Å². The Labute approximate surface area is 123 Å². The molecule has 0 aromatic heterocycles. The summed E-state index contributed by atoms with van der Waals surface area (Å²) in [6.07, 6.45) is 2.28. The molecular formula is C14H18Cl2N2O. The van der Waals surface area contributed by atoms with Crippen molar-refractivity contribution < 1.29 is 4.79 Å². The van der Waals surface area contributed by atoms with Gasteiger partial charge in [0.15, 0.2) is 0 Å². The van der Waals surface area contributed by atoms with Crippen LogP contribution in [0.4, 0.5) is 0 Å². The number of piperidine rings is 1. The van der Waals surface area contributed by atoms with Crippen molar-refractivity contribution in [1.82, 2.24) is 10.6 Å². The second kappa shape index (κ2) is 6.60. The molecule has 0 saturated carbocycles. The molecule has 5 heteroatoms. The van der Waals surface area contributed by atoms with Crippen molar-refractivity contribution in [3.05, 3.63) is 33.8 Å². The summed E-state index contributed by atoms with van der Waals surface area (Å²) >= 11 is 12.1. The maximum Gasteiger partial charge on any atom is 0.254 e. The van der Waals surface area contributed by atoms with Crippen LogP contribution in [0.2, 0.25) is 10.0 Å². The lowest BCUT2D eigenvalue weighted by Gasteiger charge is -2.29. The van der Waals surface area contributed by atoms with E-state index in [-0.39, 0.29) is 11.9 Å². The topological polar surface area (TPSA) is 41.1 Å². The number of carbonyl (C=O) groups excluding carboxylic acids is 1. The molecular weight excluding hydrogens is 283 g/mol. The fourth-order valence-corrected chi connectivity index (χ4v) is 2.99. The lowest BCUT2D eigenvalue weighted by Crippen LogP contribution is -2.44. The molecule has 0 spiro atoms. The summed E-state index contributed by atoms with van der Waals surface area (Å²) in [6, 6.07) is 5.19. The largest absolute Gasteiger partial charge is 0.349 e. The van der Waals surface area contributed by atoms with Crippen molar-refractivity contribution >= 4 is 29.1 Å². The number of hydrogen-bond acceptors (Lipinski definition) is 2. The Morgan fingerprint density at radius 1 is 1.42 bits per heavy atom. The first-order valence-electron chi connectivity index (χ1n) is 6.55. The predicted molar refractivity (Wildman–Crippen MR) is 79.0 cm³/mol. The molecule has 0 aliphatic carbocycles. The summed E-state index contributed by atoms with van der Waals surface area (Å²) in [5.41, 5.74) is 0.362. The molecule has 0 bridgehead atoms. The highest BCUT2D eigenvalue weighted by Gasteiger charge is 2.23. The molecule has 2 rings (SSSR count). The zero-order chi connectivity index (χ0) is 13.8. The molecule has 1 heterocycles. The van der Waals surface area contributed by atoms with Crippen LogP contribution >= 0.6 is 23.2 Å². The number of rotatable bonds is 3. The summed E-state index contributed by atoms with van der Waals surface area (Å²) in [6.45, 7) is 4.03. The van der Waals surface area contributed by atoms with E-state index in [1.54, 1.807) is 18.2 Å².